The van der Waals surface area contributed by atoms with Crippen LogP contribution in [0.1, 0.15) is 77.6 Å². The predicted octanol–water partition coefficient (Wildman–Crippen LogP) is 5.79. The summed E-state index contributed by atoms with van der Waals surface area (Å²) < 4.78 is 39.6. The fraction of sp³-hybridized carbons (Fsp3) is 0.382. The Hall–Kier alpha value is -4.40. The highest BCUT2D eigenvalue weighted by atomic mass is 32.1. The Balaban J connectivity index is 1.13. The number of benzene rings is 2. The molecule has 6 rings (SSSR count). The number of pyridine rings is 1. The van der Waals surface area contributed by atoms with E-state index in [4.69, 9.17) is 4.98 Å². The van der Waals surface area contributed by atoms with E-state index in [1.165, 1.54) is 11.3 Å². The smallest absolute Gasteiger partial charge is 0.386 e. The number of piperidine rings is 2. The van der Waals surface area contributed by atoms with E-state index >= 15 is 0 Å². The van der Waals surface area contributed by atoms with E-state index in [2.05, 4.69) is 25.8 Å². The molecule has 0 spiro atoms. The molecule has 1 unspecified atom stereocenters. The van der Waals surface area contributed by atoms with Crippen molar-refractivity contribution in [3.05, 3.63) is 82.1 Å². The van der Waals surface area contributed by atoms with Crippen molar-refractivity contribution in [3.8, 4) is 0 Å². The van der Waals surface area contributed by atoms with Gasteiger partial charge in [0.25, 0.3) is 5.91 Å². The van der Waals surface area contributed by atoms with Crippen molar-refractivity contribution < 1.29 is 32.7 Å². The number of thiazole rings is 1. The molecule has 4 heterocycles. The number of alkyl halides is 3. The highest BCUT2D eigenvalue weighted by Crippen LogP contribution is 2.39. The number of aromatic nitrogens is 2. The highest BCUT2D eigenvalue weighted by molar-refractivity contribution is 7.18. The molecule has 2 saturated heterocycles. The van der Waals surface area contributed by atoms with Crippen molar-refractivity contribution in [1.82, 2.24) is 20.2 Å². The van der Waals surface area contributed by atoms with Gasteiger partial charge in [0.15, 0.2) is 0 Å². The molecule has 0 bridgehead atoms. The molecule has 0 saturated carbocycles. The molecule has 4 N–H and O–H groups in total. The van der Waals surface area contributed by atoms with Crippen LogP contribution in [0.5, 0.6) is 0 Å². The Morgan fingerprint density at radius 1 is 1.06 bits per heavy atom. The second-order valence-corrected chi connectivity index (χ2v) is 13.8. The first-order chi connectivity index (χ1) is 22.7. The van der Waals surface area contributed by atoms with Gasteiger partial charge in [-0.3, -0.25) is 29.6 Å². The fourth-order valence-corrected chi connectivity index (χ4v) is 7.22. The monoisotopic (exact) mass is 680 g/mol. The molecule has 3 amide bonds. The van der Waals surface area contributed by atoms with Gasteiger partial charge in [0.05, 0.1) is 26.4 Å². The quantitative estimate of drug-likeness (QED) is 0.172. The number of imide groups is 1. The lowest BCUT2D eigenvalue weighted by Gasteiger charge is -2.32. The van der Waals surface area contributed by atoms with E-state index in [0.717, 1.165) is 65.2 Å². The minimum atomic E-state index is -4.61. The minimum Gasteiger partial charge on any atom is -0.386 e. The summed E-state index contributed by atoms with van der Waals surface area (Å²) in [4.78, 5) is 47.5. The Morgan fingerprint density at radius 2 is 1.81 bits per heavy atom. The van der Waals surface area contributed by atoms with Crippen LogP contribution in [-0.4, -0.2) is 56.8 Å². The molecule has 0 aliphatic carbocycles. The molecule has 4 aromatic rings. The lowest BCUT2D eigenvalue weighted by atomic mass is 9.95. The highest BCUT2D eigenvalue weighted by Gasteiger charge is 2.33. The van der Waals surface area contributed by atoms with Crippen molar-refractivity contribution in [2.45, 2.75) is 69.8 Å². The zero-order valence-corrected chi connectivity index (χ0v) is 27.2. The number of nitrogens with zero attached hydrogens (tertiary/aromatic N) is 3. The number of para-hydroxylation sites is 1. The zero-order chi connectivity index (χ0) is 34.2. The summed E-state index contributed by atoms with van der Waals surface area (Å²) in [5, 5.41) is 20.3. The van der Waals surface area contributed by atoms with Crippen LogP contribution in [0.25, 0.3) is 10.2 Å². The third-order valence-electron chi connectivity index (χ3n) is 8.68. The van der Waals surface area contributed by atoms with Crippen molar-refractivity contribution >= 4 is 50.6 Å². The molecule has 10 nitrogen and oxygen atoms in total. The van der Waals surface area contributed by atoms with E-state index < -0.39 is 29.4 Å². The second-order valence-electron chi connectivity index (χ2n) is 12.7. The summed E-state index contributed by atoms with van der Waals surface area (Å²) in [6, 6.07) is 12.7. The Morgan fingerprint density at radius 3 is 2.48 bits per heavy atom. The Bertz CT molecular complexity index is 1850. The van der Waals surface area contributed by atoms with Crippen LogP contribution in [0.15, 0.2) is 54.7 Å². The molecular formula is C34H35F3N6O4S. The number of aliphatic hydroxyl groups is 1. The number of hydrogen-bond acceptors (Lipinski definition) is 9. The lowest BCUT2D eigenvalue weighted by Crippen LogP contribution is -2.47. The van der Waals surface area contributed by atoms with Crippen molar-refractivity contribution in [3.63, 3.8) is 0 Å². The Kier molecular flexibility index (Phi) is 9.25. The van der Waals surface area contributed by atoms with Crippen LogP contribution in [0, 0.1) is 0 Å². The molecule has 2 aromatic heterocycles. The summed E-state index contributed by atoms with van der Waals surface area (Å²) in [6.45, 7) is 5.56. The number of carbonyl (C=O) groups excluding carboxylic acids is 3. The number of fused-ring (bicyclic) bond motifs is 1. The number of likely N-dealkylation sites (tertiary alicyclic amines) is 1. The summed E-state index contributed by atoms with van der Waals surface area (Å²) in [6.07, 6.45) is -1.21. The van der Waals surface area contributed by atoms with Crippen LogP contribution < -0.4 is 16.0 Å². The molecule has 2 fully saturated rings. The number of halogens is 3. The number of hydrogen-bond donors (Lipinski definition) is 4. The summed E-state index contributed by atoms with van der Waals surface area (Å²) in [5.41, 5.74) is 0.935. The topological polar surface area (TPSA) is 137 Å². The standard InChI is InChI=1S/C34H35F3N6O4S/c1-33(2,47)22-15-26-27(16-25(22)40-30(45)20-7-9-28(38-17-20)34(35,36)37)48-32(41-26)19-11-13-43(14-12-19)18-21-5-3-4-6-23(21)39-24-8-10-29(44)42-31(24)46/h3-7,9,15-17,19,24,39,47H,8,10-14,18H2,1-2H3,(H,40,45)(H,42,44,46). The first-order valence-corrected chi connectivity index (χ1v) is 16.5. The molecule has 1 atom stereocenters. The normalized spacial score (nSPS) is 18.2. The van der Waals surface area contributed by atoms with E-state index in [1.54, 1.807) is 26.0 Å². The number of amides is 3. The Labute approximate surface area is 278 Å². The molecule has 2 aromatic carbocycles. The predicted molar refractivity (Wildman–Crippen MR) is 176 cm³/mol. The van der Waals surface area contributed by atoms with Crippen molar-refractivity contribution in [2.75, 3.05) is 23.7 Å². The van der Waals surface area contributed by atoms with Gasteiger partial charge in [0.1, 0.15) is 11.7 Å². The molecule has 14 heteroatoms. The van der Waals surface area contributed by atoms with Gasteiger partial charge >= 0.3 is 6.18 Å². The average Bonchev–Trinajstić information content (AvgIpc) is 3.45. The van der Waals surface area contributed by atoms with E-state index in [9.17, 15) is 32.7 Å². The summed E-state index contributed by atoms with van der Waals surface area (Å²) in [7, 11) is 0. The molecule has 252 valence electrons. The van der Waals surface area contributed by atoms with E-state index in [0.29, 0.717) is 36.2 Å². The molecule has 2 aliphatic heterocycles. The molecule has 2 aliphatic rings. The molecule has 48 heavy (non-hydrogen) atoms. The maximum Gasteiger partial charge on any atom is 0.433 e. The van der Waals surface area contributed by atoms with Gasteiger partial charge in [-0.25, -0.2) is 4.98 Å². The summed E-state index contributed by atoms with van der Waals surface area (Å²) in [5.74, 6) is -0.982. The van der Waals surface area contributed by atoms with Crippen LogP contribution >= 0.6 is 11.3 Å². The maximum atomic E-state index is 13.0. The number of carbonyl (C=O) groups is 3. The SMILES string of the molecule is CC(C)(O)c1cc2nc(C3CCN(Cc4ccccc4NC4CCC(=O)NC4=O)CC3)sc2cc1NC(=O)c1ccc(C(F)(F)F)nc1. The second kappa shape index (κ2) is 13.2. The number of anilines is 2. The number of rotatable bonds is 8. The van der Waals surface area contributed by atoms with Crippen molar-refractivity contribution in [1.29, 1.82) is 0 Å². The number of nitrogens with one attached hydrogen (secondary N) is 3. The van der Waals surface area contributed by atoms with E-state index in [-0.39, 0.29) is 23.3 Å². The van der Waals surface area contributed by atoms with Gasteiger partial charge in [-0.1, -0.05) is 18.2 Å². The summed E-state index contributed by atoms with van der Waals surface area (Å²) >= 11 is 1.52. The third-order valence-corrected chi connectivity index (χ3v) is 9.87. The van der Waals surface area contributed by atoms with Crippen LogP contribution in [0.3, 0.4) is 0 Å². The minimum absolute atomic E-state index is 0.0454. The van der Waals surface area contributed by atoms with Gasteiger partial charge in [0, 0.05) is 42.0 Å². The van der Waals surface area contributed by atoms with Crippen LogP contribution in [0.4, 0.5) is 24.5 Å². The maximum absolute atomic E-state index is 13.0. The van der Waals surface area contributed by atoms with Crippen LogP contribution in [0.2, 0.25) is 0 Å². The fourth-order valence-electron chi connectivity index (χ4n) is 6.06. The van der Waals surface area contributed by atoms with Gasteiger partial charge in [-0.05, 0) is 82.1 Å². The first-order valence-electron chi connectivity index (χ1n) is 15.7. The van der Waals surface area contributed by atoms with E-state index in [1.807, 2.05) is 24.3 Å². The van der Waals surface area contributed by atoms with Gasteiger partial charge in [0.2, 0.25) is 11.8 Å². The van der Waals surface area contributed by atoms with Gasteiger partial charge in [-0.2, -0.15) is 13.2 Å². The third kappa shape index (κ3) is 7.50. The van der Waals surface area contributed by atoms with Gasteiger partial charge in [-0.15, -0.1) is 11.3 Å². The largest absolute Gasteiger partial charge is 0.433 e. The lowest BCUT2D eigenvalue weighted by molar-refractivity contribution is -0.141. The van der Waals surface area contributed by atoms with Gasteiger partial charge < -0.3 is 15.7 Å². The first kappa shape index (κ1) is 33.5. The van der Waals surface area contributed by atoms with Crippen LogP contribution in [-0.2, 0) is 27.9 Å². The molecular weight excluding hydrogens is 645 g/mol. The zero-order valence-electron chi connectivity index (χ0n) is 26.4. The molecule has 0 radical (unpaired) electrons. The average molecular weight is 681 g/mol. The van der Waals surface area contributed by atoms with Crippen molar-refractivity contribution in [2.24, 2.45) is 0 Å².